The normalized spacial score (nSPS) is 16.8. The van der Waals surface area contributed by atoms with Crippen molar-refractivity contribution in [2.45, 2.75) is 58.2 Å². The van der Waals surface area contributed by atoms with Gasteiger partial charge in [-0.1, -0.05) is 50.2 Å². The Morgan fingerprint density at radius 1 is 0.973 bits per heavy atom. The van der Waals surface area contributed by atoms with Crippen LogP contribution in [0.5, 0.6) is 0 Å². The van der Waals surface area contributed by atoms with Crippen molar-refractivity contribution in [1.29, 1.82) is 0 Å². The number of fused-ring (bicyclic) bond motifs is 2. The minimum absolute atomic E-state index is 0.108. The Morgan fingerprint density at radius 2 is 1.65 bits per heavy atom. The number of benzene rings is 2. The summed E-state index contributed by atoms with van der Waals surface area (Å²) in [4.78, 5) is 30.0. The van der Waals surface area contributed by atoms with Gasteiger partial charge < -0.3 is 4.74 Å². The third-order valence-corrected chi connectivity index (χ3v) is 6.90. The van der Waals surface area contributed by atoms with Crippen molar-refractivity contribution in [2.75, 3.05) is 13.1 Å². The summed E-state index contributed by atoms with van der Waals surface area (Å²) in [7, 11) is 0. The first kappa shape index (κ1) is 26.8. The van der Waals surface area contributed by atoms with Crippen LogP contribution in [0.1, 0.15) is 54.6 Å². The van der Waals surface area contributed by atoms with E-state index in [2.05, 4.69) is 9.88 Å². The molecule has 0 saturated carbocycles. The van der Waals surface area contributed by atoms with Gasteiger partial charge in [-0.2, -0.15) is 13.2 Å². The zero-order valence-corrected chi connectivity index (χ0v) is 20.7. The number of aromatic amines is 1. The lowest BCUT2D eigenvalue weighted by Gasteiger charge is -2.38. The second-order valence-corrected chi connectivity index (χ2v) is 8.98. The van der Waals surface area contributed by atoms with E-state index in [0.29, 0.717) is 25.9 Å². The largest absolute Gasteiger partial charge is 0.416 e. The molecule has 1 aromatic heterocycles. The number of hydrogen-bond acceptors (Lipinski definition) is 4. The molecule has 1 saturated heterocycles. The molecule has 0 radical (unpaired) electrons. The van der Waals surface area contributed by atoms with Crippen LogP contribution >= 0.6 is 0 Å². The second-order valence-electron chi connectivity index (χ2n) is 8.98. The molecule has 1 spiro atoms. The molecule has 0 aliphatic carbocycles. The molecule has 3 aromatic rings. The molecule has 2 aliphatic rings. The molecule has 10 heteroatoms. The number of H-pyrrole nitrogens is 1. The third-order valence-electron chi connectivity index (χ3n) is 6.90. The highest BCUT2D eigenvalue weighted by molar-refractivity contribution is 5.34. The maximum atomic E-state index is 14.5. The number of rotatable bonds is 4. The molecule has 1 fully saturated rings. The average Bonchev–Trinajstić information content (AvgIpc) is 3.24. The van der Waals surface area contributed by atoms with E-state index in [1.807, 2.05) is 44.2 Å². The number of alkyl halides is 3. The number of likely N-dealkylation sites (tertiary alicyclic amines) is 1. The summed E-state index contributed by atoms with van der Waals surface area (Å²) in [5.41, 5.74) is -2.65. The fourth-order valence-corrected chi connectivity index (χ4v) is 5.13. The van der Waals surface area contributed by atoms with Crippen molar-refractivity contribution < 1.29 is 22.3 Å². The third kappa shape index (κ3) is 5.26. The Labute approximate surface area is 211 Å². The molecule has 6 nitrogen and oxygen atoms in total. The summed E-state index contributed by atoms with van der Waals surface area (Å²) in [5, 5.41) is 0. The summed E-state index contributed by atoms with van der Waals surface area (Å²) >= 11 is 0. The summed E-state index contributed by atoms with van der Waals surface area (Å²) < 4.78 is 62.1. The molecule has 37 heavy (non-hydrogen) atoms. The summed E-state index contributed by atoms with van der Waals surface area (Å²) in [6.07, 6.45) is -3.82. The zero-order chi connectivity index (χ0) is 26.8. The lowest BCUT2D eigenvalue weighted by Crippen LogP contribution is -2.45. The Kier molecular flexibility index (Phi) is 7.70. The van der Waals surface area contributed by atoms with Gasteiger partial charge in [-0.3, -0.25) is 19.2 Å². The van der Waals surface area contributed by atoms with E-state index >= 15 is 0 Å². The molecule has 0 amide bonds. The van der Waals surface area contributed by atoms with E-state index in [4.69, 9.17) is 4.74 Å². The fourth-order valence-electron chi connectivity index (χ4n) is 5.13. The number of nitrogens with zero attached hydrogens (tertiary/aromatic N) is 2. The van der Waals surface area contributed by atoms with Crippen LogP contribution in [0.2, 0.25) is 0 Å². The number of nitrogens with one attached hydrogen (secondary N) is 1. The first-order valence-corrected chi connectivity index (χ1v) is 12.3. The van der Waals surface area contributed by atoms with Crippen LogP contribution in [-0.4, -0.2) is 27.5 Å². The van der Waals surface area contributed by atoms with Gasteiger partial charge in [-0.05, 0) is 30.5 Å². The predicted octanol–water partition coefficient (Wildman–Crippen LogP) is 4.79. The molecule has 5 rings (SSSR count). The van der Waals surface area contributed by atoms with E-state index in [9.17, 15) is 27.2 Å². The molecule has 3 heterocycles. The van der Waals surface area contributed by atoms with Gasteiger partial charge in [0, 0.05) is 25.2 Å². The molecule has 0 bridgehead atoms. The van der Waals surface area contributed by atoms with Crippen molar-refractivity contribution in [3.63, 3.8) is 0 Å². The van der Waals surface area contributed by atoms with Crippen LogP contribution in [0.4, 0.5) is 17.6 Å². The minimum Gasteiger partial charge on any atom is -0.364 e. The SMILES string of the molecule is CC.O=c1[nH]c(=O)n(Cc2c(F)cccc2C(F)(F)F)c2c1C1(CCN(Cc3ccccc3)CC1)OC2. The van der Waals surface area contributed by atoms with Gasteiger partial charge >= 0.3 is 11.9 Å². The van der Waals surface area contributed by atoms with Gasteiger partial charge in [-0.15, -0.1) is 0 Å². The van der Waals surface area contributed by atoms with E-state index in [1.165, 1.54) is 0 Å². The van der Waals surface area contributed by atoms with Crippen molar-refractivity contribution >= 4 is 0 Å². The van der Waals surface area contributed by atoms with Gasteiger partial charge in [0.1, 0.15) is 11.4 Å². The lowest BCUT2D eigenvalue weighted by atomic mass is 9.85. The van der Waals surface area contributed by atoms with Crippen LogP contribution < -0.4 is 11.2 Å². The molecule has 0 unspecified atom stereocenters. The Bertz CT molecular complexity index is 1360. The second kappa shape index (κ2) is 10.6. The topological polar surface area (TPSA) is 67.3 Å². The van der Waals surface area contributed by atoms with Gasteiger partial charge in [0.2, 0.25) is 0 Å². The van der Waals surface area contributed by atoms with E-state index in [-0.39, 0.29) is 17.9 Å². The number of ether oxygens (including phenoxy) is 1. The number of aromatic nitrogens is 2. The van der Waals surface area contributed by atoms with E-state index < -0.39 is 46.5 Å². The maximum Gasteiger partial charge on any atom is 0.416 e. The first-order valence-electron chi connectivity index (χ1n) is 12.3. The number of piperidine rings is 1. The van der Waals surface area contributed by atoms with Crippen molar-refractivity contribution in [1.82, 2.24) is 14.5 Å². The highest BCUT2D eigenvalue weighted by Crippen LogP contribution is 2.42. The van der Waals surface area contributed by atoms with Crippen LogP contribution in [0, 0.1) is 5.82 Å². The highest BCUT2D eigenvalue weighted by atomic mass is 19.4. The summed E-state index contributed by atoms with van der Waals surface area (Å²) in [6.45, 7) is 5.24. The molecular weight excluding hydrogens is 490 g/mol. The molecule has 1 N–H and O–H groups in total. The lowest BCUT2D eigenvalue weighted by molar-refractivity contribution is -0.138. The average molecular weight is 520 g/mol. The zero-order valence-electron chi connectivity index (χ0n) is 20.7. The quantitative estimate of drug-likeness (QED) is 0.504. The maximum absolute atomic E-state index is 14.5. The van der Waals surface area contributed by atoms with Crippen LogP contribution in [-0.2, 0) is 36.2 Å². The van der Waals surface area contributed by atoms with Gasteiger partial charge in [0.25, 0.3) is 5.56 Å². The standard InChI is InChI=1S/C25H23F4N3O3.C2H6/c26-19-8-4-7-18(25(27,28)29)17(19)14-32-20-15-35-24(21(20)22(33)30-23(32)34)9-11-31(12-10-24)13-16-5-2-1-3-6-16;1-2/h1-8H,9-15H2,(H,30,33,34);1-2H3. The number of hydrogen-bond donors (Lipinski definition) is 1. The highest BCUT2D eigenvalue weighted by Gasteiger charge is 2.46. The van der Waals surface area contributed by atoms with Crippen molar-refractivity contribution in [3.8, 4) is 0 Å². The molecular formula is C27H29F4N3O3. The van der Waals surface area contributed by atoms with E-state index in [0.717, 1.165) is 34.9 Å². The van der Waals surface area contributed by atoms with Crippen LogP contribution in [0.3, 0.4) is 0 Å². The Hall–Kier alpha value is -3.24. The predicted molar refractivity (Wildman–Crippen MR) is 131 cm³/mol. The monoisotopic (exact) mass is 519 g/mol. The van der Waals surface area contributed by atoms with Crippen LogP contribution in [0.25, 0.3) is 0 Å². The Balaban J connectivity index is 0.00000156. The smallest absolute Gasteiger partial charge is 0.364 e. The fraction of sp³-hybridized carbons (Fsp3) is 0.407. The van der Waals surface area contributed by atoms with Crippen molar-refractivity contribution in [3.05, 3.63) is 103 Å². The molecule has 198 valence electrons. The minimum atomic E-state index is -4.80. The summed E-state index contributed by atoms with van der Waals surface area (Å²) in [5.74, 6) is -1.07. The van der Waals surface area contributed by atoms with Gasteiger partial charge in [-0.25, -0.2) is 9.18 Å². The Morgan fingerprint density at radius 3 is 2.30 bits per heavy atom. The molecule has 2 aromatic carbocycles. The summed E-state index contributed by atoms with van der Waals surface area (Å²) in [6, 6.07) is 12.6. The molecule has 0 atom stereocenters. The van der Waals surface area contributed by atoms with E-state index in [1.54, 1.807) is 0 Å². The van der Waals surface area contributed by atoms with Crippen LogP contribution in [0.15, 0.2) is 58.1 Å². The van der Waals surface area contributed by atoms with Gasteiger partial charge in [0.05, 0.1) is 30.0 Å². The van der Waals surface area contributed by atoms with Crippen molar-refractivity contribution in [2.24, 2.45) is 0 Å². The number of halogens is 4. The van der Waals surface area contributed by atoms with Gasteiger partial charge in [0.15, 0.2) is 0 Å². The first-order chi connectivity index (χ1) is 17.7. The molecule has 2 aliphatic heterocycles.